The predicted molar refractivity (Wildman–Crippen MR) is 109 cm³/mol. The Hall–Kier alpha value is -2.03. The van der Waals surface area contributed by atoms with Crippen molar-refractivity contribution in [3.05, 3.63) is 58.7 Å². The Labute approximate surface area is 166 Å². The van der Waals surface area contributed by atoms with E-state index in [9.17, 15) is 12.8 Å². The highest BCUT2D eigenvalue weighted by atomic mass is 32.2. The largest absolute Gasteiger partial charge is 0.327 e. The molecule has 0 saturated carbocycles. The fourth-order valence-corrected chi connectivity index (χ4v) is 4.03. The maximum Gasteiger partial charge on any atom is 0.242 e. The van der Waals surface area contributed by atoms with Crippen LogP contribution in [0.3, 0.4) is 0 Å². The van der Waals surface area contributed by atoms with E-state index in [0.717, 1.165) is 35.4 Å². The normalized spacial score (nSPS) is 12.8. The third-order valence-electron chi connectivity index (χ3n) is 4.64. The number of hydrogen-bond acceptors (Lipinski definition) is 4. The standard InChI is InChI=1S/C20H29FN4O2S/c1-5-19-18(20(6-2)25(23-19)14-16(21)11-12-22)13-15-7-9-17(10-8-15)28(26,27)24(3)4/h7-11H,5-6,12-14,22H2,1-4H3. The minimum atomic E-state index is -3.45. The lowest BCUT2D eigenvalue weighted by Gasteiger charge is -2.12. The Kier molecular flexibility index (Phi) is 7.51. The van der Waals surface area contributed by atoms with Crippen molar-refractivity contribution in [3.63, 3.8) is 0 Å². The third-order valence-corrected chi connectivity index (χ3v) is 6.47. The van der Waals surface area contributed by atoms with Gasteiger partial charge in [-0.15, -0.1) is 0 Å². The van der Waals surface area contributed by atoms with Gasteiger partial charge in [0.05, 0.1) is 17.1 Å². The molecule has 0 aliphatic rings. The number of sulfonamides is 1. The first-order valence-corrected chi connectivity index (χ1v) is 10.8. The van der Waals surface area contributed by atoms with Gasteiger partial charge in [-0.1, -0.05) is 26.0 Å². The van der Waals surface area contributed by atoms with Gasteiger partial charge in [0.2, 0.25) is 10.0 Å². The van der Waals surface area contributed by atoms with Crippen molar-refractivity contribution in [2.24, 2.45) is 5.73 Å². The van der Waals surface area contributed by atoms with Crippen LogP contribution in [-0.4, -0.2) is 43.1 Å². The summed E-state index contributed by atoms with van der Waals surface area (Å²) in [6.07, 6.45) is 3.45. The van der Waals surface area contributed by atoms with Crippen molar-refractivity contribution < 1.29 is 12.8 Å². The first kappa shape index (κ1) is 22.3. The molecule has 1 aromatic carbocycles. The van der Waals surface area contributed by atoms with E-state index in [4.69, 9.17) is 5.73 Å². The first-order chi connectivity index (χ1) is 13.2. The lowest BCUT2D eigenvalue weighted by atomic mass is 10.0. The van der Waals surface area contributed by atoms with Gasteiger partial charge in [0.1, 0.15) is 5.83 Å². The minimum absolute atomic E-state index is 0.0768. The maximum absolute atomic E-state index is 14.0. The SMILES string of the molecule is CCc1nn(CC(F)=CCN)c(CC)c1Cc1ccc(S(=O)(=O)N(C)C)cc1. The Morgan fingerprint density at radius 2 is 1.86 bits per heavy atom. The van der Waals surface area contributed by atoms with Gasteiger partial charge in [-0.25, -0.2) is 17.1 Å². The van der Waals surface area contributed by atoms with Gasteiger partial charge in [-0.2, -0.15) is 5.10 Å². The molecule has 2 aromatic rings. The van der Waals surface area contributed by atoms with Crippen LogP contribution in [0.4, 0.5) is 4.39 Å². The molecule has 2 N–H and O–H groups in total. The second-order valence-corrected chi connectivity index (χ2v) is 8.88. The van der Waals surface area contributed by atoms with Gasteiger partial charge in [0.25, 0.3) is 0 Å². The molecule has 0 unspecified atom stereocenters. The molecule has 0 amide bonds. The van der Waals surface area contributed by atoms with Crippen molar-refractivity contribution in [1.82, 2.24) is 14.1 Å². The summed E-state index contributed by atoms with van der Waals surface area (Å²) >= 11 is 0. The highest BCUT2D eigenvalue weighted by Crippen LogP contribution is 2.23. The highest BCUT2D eigenvalue weighted by Gasteiger charge is 2.19. The second-order valence-electron chi connectivity index (χ2n) is 6.73. The summed E-state index contributed by atoms with van der Waals surface area (Å²) in [5.74, 6) is -0.299. The summed E-state index contributed by atoms with van der Waals surface area (Å²) in [7, 11) is -0.427. The molecule has 1 heterocycles. The molecule has 6 nitrogen and oxygen atoms in total. The van der Waals surface area contributed by atoms with E-state index in [1.54, 1.807) is 16.8 Å². The molecular weight excluding hydrogens is 379 g/mol. The van der Waals surface area contributed by atoms with Crippen LogP contribution in [0.15, 0.2) is 41.1 Å². The summed E-state index contributed by atoms with van der Waals surface area (Å²) in [4.78, 5) is 0.261. The van der Waals surface area contributed by atoms with E-state index in [1.807, 2.05) is 26.0 Å². The molecule has 0 fully saturated rings. The van der Waals surface area contributed by atoms with E-state index in [-0.39, 0.29) is 23.8 Å². The zero-order valence-corrected chi connectivity index (χ0v) is 17.8. The van der Waals surface area contributed by atoms with Gasteiger partial charge in [-0.3, -0.25) is 4.68 Å². The number of nitrogens with two attached hydrogens (primary N) is 1. The van der Waals surface area contributed by atoms with Gasteiger partial charge >= 0.3 is 0 Å². The van der Waals surface area contributed by atoms with Crippen molar-refractivity contribution in [2.75, 3.05) is 20.6 Å². The van der Waals surface area contributed by atoms with E-state index in [2.05, 4.69) is 5.10 Å². The number of nitrogens with zero attached hydrogens (tertiary/aromatic N) is 3. The molecule has 0 atom stereocenters. The van der Waals surface area contributed by atoms with Gasteiger partial charge < -0.3 is 5.73 Å². The van der Waals surface area contributed by atoms with Crippen molar-refractivity contribution in [3.8, 4) is 0 Å². The monoisotopic (exact) mass is 408 g/mol. The Morgan fingerprint density at radius 1 is 1.21 bits per heavy atom. The molecule has 8 heteroatoms. The molecule has 0 spiro atoms. The number of hydrogen-bond donors (Lipinski definition) is 1. The zero-order valence-electron chi connectivity index (χ0n) is 16.9. The number of rotatable bonds is 9. The average Bonchev–Trinajstić information content (AvgIpc) is 2.98. The number of allylic oxidation sites excluding steroid dienone is 1. The van der Waals surface area contributed by atoms with Crippen LogP contribution in [0, 0.1) is 0 Å². The number of benzene rings is 1. The molecule has 28 heavy (non-hydrogen) atoms. The summed E-state index contributed by atoms with van der Waals surface area (Å²) in [5, 5.41) is 4.59. The van der Waals surface area contributed by atoms with Crippen LogP contribution in [0.1, 0.15) is 36.4 Å². The second kappa shape index (κ2) is 9.45. The summed E-state index contributed by atoms with van der Waals surface area (Å²) < 4.78 is 41.3. The van der Waals surface area contributed by atoms with E-state index in [0.29, 0.717) is 6.42 Å². The number of aromatic nitrogens is 2. The molecule has 154 valence electrons. The van der Waals surface area contributed by atoms with Gasteiger partial charge in [0.15, 0.2) is 0 Å². The Bertz CT molecular complexity index is 932. The molecular formula is C20H29FN4O2S. The molecule has 0 radical (unpaired) electrons. The minimum Gasteiger partial charge on any atom is -0.327 e. The smallest absolute Gasteiger partial charge is 0.242 e. The molecule has 2 rings (SSSR count). The van der Waals surface area contributed by atoms with Gasteiger partial charge in [-0.05, 0) is 36.6 Å². The van der Waals surface area contributed by atoms with E-state index < -0.39 is 10.0 Å². The van der Waals surface area contributed by atoms with Crippen LogP contribution < -0.4 is 5.73 Å². The fourth-order valence-electron chi connectivity index (χ4n) is 3.13. The summed E-state index contributed by atoms with van der Waals surface area (Å²) in [6.45, 7) is 4.28. The van der Waals surface area contributed by atoms with Crippen molar-refractivity contribution in [2.45, 2.75) is 44.6 Å². The van der Waals surface area contributed by atoms with Crippen LogP contribution in [0.5, 0.6) is 0 Å². The van der Waals surface area contributed by atoms with Crippen molar-refractivity contribution in [1.29, 1.82) is 0 Å². The molecule has 0 aliphatic heterocycles. The Balaban J connectivity index is 2.35. The number of halogens is 1. The lowest BCUT2D eigenvalue weighted by molar-refractivity contribution is 0.511. The van der Waals surface area contributed by atoms with E-state index in [1.165, 1.54) is 24.5 Å². The average molecular weight is 409 g/mol. The van der Waals surface area contributed by atoms with Crippen LogP contribution in [0.2, 0.25) is 0 Å². The summed E-state index contributed by atoms with van der Waals surface area (Å²) in [5.41, 5.74) is 9.37. The van der Waals surface area contributed by atoms with E-state index >= 15 is 0 Å². The predicted octanol–water partition coefficient (Wildman–Crippen LogP) is 2.66. The fraction of sp³-hybridized carbons (Fsp3) is 0.450. The van der Waals surface area contributed by atoms with Crippen LogP contribution in [0.25, 0.3) is 0 Å². The van der Waals surface area contributed by atoms with Crippen LogP contribution in [-0.2, 0) is 35.8 Å². The maximum atomic E-state index is 14.0. The summed E-state index contributed by atoms with van der Waals surface area (Å²) in [6, 6.07) is 6.88. The molecule has 0 saturated heterocycles. The zero-order chi connectivity index (χ0) is 20.9. The van der Waals surface area contributed by atoms with Crippen LogP contribution >= 0.6 is 0 Å². The topological polar surface area (TPSA) is 81.2 Å². The lowest BCUT2D eigenvalue weighted by Crippen LogP contribution is -2.22. The molecule has 0 bridgehead atoms. The van der Waals surface area contributed by atoms with Gasteiger partial charge in [0, 0.05) is 38.3 Å². The molecule has 0 aliphatic carbocycles. The quantitative estimate of drug-likeness (QED) is 0.692. The highest BCUT2D eigenvalue weighted by molar-refractivity contribution is 7.89. The molecule has 1 aromatic heterocycles. The first-order valence-electron chi connectivity index (χ1n) is 9.38. The number of aryl methyl sites for hydroxylation is 1. The van der Waals surface area contributed by atoms with Crippen molar-refractivity contribution >= 4 is 10.0 Å². The Morgan fingerprint density at radius 3 is 2.36 bits per heavy atom. The third kappa shape index (κ3) is 4.87.